The molecule has 1 heterocycles. The van der Waals surface area contributed by atoms with Gasteiger partial charge in [-0.25, -0.2) is 0 Å². The zero-order valence-corrected chi connectivity index (χ0v) is 10.5. The van der Waals surface area contributed by atoms with Crippen LogP contribution in [0.4, 0.5) is 0 Å². The Bertz CT molecular complexity index is 386. The Morgan fingerprint density at radius 2 is 2.12 bits per heavy atom. The molecule has 1 amide bonds. The van der Waals surface area contributed by atoms with Crippen molar-refractivity contribution in [3.8, 4) is 0 Å². The second kappa shape index (κ2) is 5.32. The fourth-order valence-electron chi connectivity index (χ4n) is 2.26. The molecule has 0 radical (unpaired) electrons. The van der Waals surface area contributed by atoms with E-state index >= 15 is 0 Å². The Labute approximate surface area is 103 Å². The van der Waals surface area contributed by atoms with Crippen molar-refractivity contribution in [3.05, 3.63) is 35.4 Å². The lowest BCUT2D eigenvalue weighted by Crippen LogP contribution is -2.34. The lowest BCUT2D eigenvalue weighted by molar-refractivity contribution is -0.119. The summed E-state index contributed by atoms with van der Waals surface area (Å²) in [5, 5.41) is 6.41. The number of nitrogens with one attached hydrogen (secondary N) is 2. The van der Waals surface area contributed by atoms with Gasteiger partial charge < -0.3 is 10.6 Å². The van der Waals surface area contributed by atoms with Crippen LogP contribution in [0.2, 0.25) is 0 Å². The van der Waals surface area contributed by atoms with Gasteiger partial charge in [0.2, 0.25) is 5.91 Å². The predicted molar refractivity (Wildman–Crippen MR) is 68.8 cm³/mol. The van der Waals surface area contributed by atoms with E-state index in [-0.39, 0.29) is 11.9 Å². The zero-order chi connectivity index (χ0) is 12.3. The third-order valence-electron chi connectivity index (χ3n) is 3.30. The molecule has 2 atom stereocenters. The van der Waals surface area contributed by atoms with Crippen molar-refractivity contribution < 1.29 is 4.79 Å². The summed E-state index contributed by atoms with van der Waals surface area (Å²) in [5.74, 6) is 0.154. The molecule has 17 heavy (non-hydrogen) atoms. The Morgan fingerprint density at radius 3 is 2.65 bits per heavy atom. The Morgan fingerprint density at radius 1 is 1.41 bits per heavy atom. The molecule has 2 rings (SSSR count). The van der Waals surface area contributed by atoms with Gasteiger partial charge in [0.25, 0.3) is 0 Å². The number of rotatable bonds is 4. The summed E-state index contributed by atoms with van der Waals surface area (Å²) in [5.41, 5.74) is 2.58. The quantitative estimate of drug-likeness (QED) is 0.832. The third kappa shape index (κ3) is 3.07. The average molecular weight is 232 g/mol. The van der Waals surface area contributed by atoms with Gasteiger partial charge in [-0.3, -0.25) is 4.79 Å². The van der Waals surface area contributed by atoms with Gasteiger partial charge in [-0.05, 0) is 18.9 Å². The Hall–Kier alpha value is -1.35. The van der Waals surface area contributed by atoms with Crippen LogP contribution in [0.5, 0.6) is 0 Å². The maximum absolute atomic E-state index is 11.2. The molecule has 92 valence electrons. The van der Waals surface area contributed by atoms with Crippen LogP contribution in [0.1, 0.15) is 36.9 Å². The van der Waals surface area contributed by atoms with E-state index in [9.17, 15) is 4.79 Å². The Kier molecular flexibility index (Phi) is 3.79. The standard InChI is InChI=1S/C14H20N2O/c1-3-13(11-6-4-10(2)5-7-11)16-12-8-14(17)15-9-12/h4-7,12-13,16H,3,8-9H2,1-2H3,(H,15,17). The van der Waals surface area contributed by atoms with Gasteiger partial charge in [-0.15, -0.1) is 0 Å². The van der Waals surface area contributed by atoms with Gasteiger partial charge >= 0.3 is 0 Å². The molecule has 0 aromatic heterocycles. The molecule has 3 nitrogen and oxygen atoms in total. The van der Waals surface area contributed by atoms with Crippen molar-refractivity contribution in [2.75, 3.05) is 6.54 Å². The number of benzene rings is 1. The van der Waals surface area contributed by atoms with Crippen LogP contribution in [0.3, 0.4) is 0 Å². The van der Waals surface area contributed by atoms with E-state index in [1.54, 1.807) is 0 Å². The monoisotopic (exact) mass is 232 g/mol. The third-order valence-corrected chi connectivity index (χ3v) is 3.30. The number of carbonyl (C=O) groups excluding carboxylic acids is 1. The number of aryl methyl sites for hydroxylation is 1. The summed E-state index contributed by atoms with van der Waals surface area (Å²) in [6.07, 6.45) is 1.64. The first-order valence-electron chi connectivity index (χ1n) is 6.28. The fourth-order valence-corrected chi connectivity index (χ4v) is 2.26. The second-order valence-electron chi connectivity index (χ2n) is 4.74. The molecule has 2 N–H and O–H groups in total. The van der Waals surface area contributed by atoms with E-state index in [1.165, 1.54) is 11.1 Å². The lowest BCUT2D eigenvalue weighted by atomic mass is 10.0. The van der Waals surface area contributed by atoms with E-state index in [2.05, 4.69) is 48.7 Å². The van der Waals surface area contributed by atoms with Gasteiger partial charge in [0.1, 0.15) is 0 Å². The highest BCUT2D eigenvalue weighted by atomic mass is 16.1. The highest BCUT2D eigenvalue weighted by Crippen LogP contribution is 2.19. The van der Waals surface area contributed by atoms with E-state index < -0.39 is 0 Å². The molecule has 1 saturated heterocycles. The first kappa shape index (κ1) is 12.1. The van der Waals surface area contributed by atoms with E-state index in [1.807, 2.05) is 0 Å². The van der Waals surface area contributed by atoms with E-state index in [0.29, 0.717) is 12.5 Å². The van der Waals surface area contributed by atoms with Gasteiger partial charge in [0, 0.05) is 25.0 Å². The maximum atomic E-state index is 11.2. The molecule has 1 aromatic carbocycles. The molecule has 1 aliphatic rings. The SMILES string of the molecule is CCC(NC1CNC(=O)C1)c1ccc(C)cc1. The molecule has 3 heteroatoms. The van der Waals surface area contributed by atoms with Crippen molar-refractivity contribution in [1.29, 1.82) is 0 Å². The van der Waals surface area contributed by atoms with E-state index in [4.69, 9.17) is 0 Å². The molecule has 1 aliphatic heterocycles. The molecular weight excluding hydrogens is 212 g/mol. The van der Waals surface area contributed by atoms with Crippen LogP contribution in [0.15, 0.2) is 24.3 Å². The topological polar surface area (TPSA) is 41.1 Å². The molecular formula is C14H20N2O. The van der Waals surface area contributed by atoms with E-state index in [0.717, 1.165) is 13.0 Å². The van der Waals surface area contributed by atoms with Gasteiger partial charge in [0.15, 0.2) is 0 Å². The zero-order valence-electron chi connectivity index (χ0n) is 10.5. The minimum atomic E-state index is 0.154. The first-order chi connectivity index (χ1) is 8.19. The van der Waals surface area contributed by atoms with Crippen LogP contribution in [0.25, 0.3) is 0 Å². The molecule has 2 unspecified atom stereocenters. The molecule has 0 saturated carbocycles. The van der Waals surface area contributed by atoms with Gasteiger partial charge in [0.05, 0.1) is 0 Å². The molecule has 1 fully saturated rings. The van der Waals surface area contributed by atoms with Crippen LogP contribution in [-0.2, 0) is 4.79 Å². The Balaban J connectivity index is 2.01. The maximum Gasteiger partial charge on any atom is 0.221 e. The summed E-state index contributed by atoms with van der Waals surface area (Å²) in [6, 6.07) is 9.22. The number of hydrogen-bond donors (Lipinski definition) is 2. The van der Waals surface area contributed by atoms with Crippen LogP contribution >= 0.6 is 0 Å². The lowest BCUT2D eigenvalue weighted by Gasteiger charge is -2.21. The predicted octanol–water partition coefficient (Wildman–Crippen LogP) is 1.92. The normalized spacial score (nSPS) is 21.3. The van der Waals surface area contributed by atoms with Crippen molar-refractivity contribution in [2.45, 2.75) is 38.8 Å². The van der Waals surface area contributed by atoms with Crippen LogP contribution in [0, 0.1) is 6.92 Å². The van der Waals surface area contributed by atoms with Crippen molar-refractivity contribution >= 4 is 5.91 Å². The molecule has 1 aromatic rings. The summed E-state index contributed by atoms with van der Waals surface area (Å²) >= 11 is 0. The minimum absolute atomic E-state index is 0.154. The summed E-state index contributed by atoms with van der Waals surface area (Å²) in [6.45, 7) is 5.01. The number of carbonyl (C=O) groups is 1. The highest BCUT2D eigenvalue weighted by Gasteiger charge is 2.23. The van der Waals surface area contributed by atoms with Crippen molar-refractivity contribution in [2.24, 2.45) is 0 Å². The first-order valence-corrected chi connectivity index (χ1v) is 6.28. The molecule has 0 bridgehead atoms. The smallest absolute Gasteiger partial charge is 0.221 e. The minimum Gasteiger partial charge on any atom is -0.354 e. The molecule has 0 aliphatic carbocycles. The summed E-state index contributed by atoms with van der Waals surface area (Å²) in [4.78, 5) is 11.2. The average Bonchev–Trinajstić information content (AvgIpc) is 2.73. The molecule has 0 spiro atoms. The van der Waals surface area contributed by atoms with Gasteiger partial charge in [-0.2, -0.15) is 0 Å². The number of amides is 1. The fraction of sp³-hybridized carbons (Fsp3) is 0.500. The second-order valence-corrected chi connectivity index (χ2v) is 4.74. The van der Waals surface area contributed by atoms with Crippen LogP contribution < -0.4 is 10.6 Å². The highest BCUT2D eigenvalue weighted by molar-refractivity contribution is 5.78. The number of hydrogen-bond acceptors (Lipinski definition) is 2. The van der Waals surface area contributed by atoms with Crippen molar-refractivity contribution in [3.63, 3.8) is 0 Å². The van der Waals surface area contributed by atoms with Gasteiger partial charge in [-0.1, -0.05) is 36.8 Å². The summed E-state index contributed by atoms with van der Waals surface area (Å²) in [7, 11) is 0. The van der Waals surface area contributed by atoms with Crippen molar-refractivity contribution in [1.82, 2.24) is 10.6 Å². The van der Waals surface area contributed by atoms with Crippen LogP contribution in [-0.4, -0.2) is 18.5 Å². The summed E-state index contributed by atoms with van der Waals surface area (Å²) < 4.78 is 0. The largest absolute Gasteiger partial charge is 0.354 e.